The zero-order chi connectivity index (χ0) is 12.1. The van der Waals surface area contributed by atoms with Crippen molar-refractivity contribution in [3.8, 4) is 0 Å². The van der Waals surface area contributed by atoms with Gasteiger partial charge in [-0.15, -0.1) is 10.2 Å². The third-order valence-corrected chi connectivity index (χ3v) is 3.33. The summed E-state index contributed by atoms with van der Waals surface area (Å²) >= 11 is 1.62. The van der Waals surface area contributed by atoms with Gasteiger partial charge in [0.05, 0.1) is 6.54 Å². The summed E-state index contributed by atoms with van der Waals surface area (Å²) < 4.78 is 0. The van der Waals surface area contributed by atoms with Crippen LogP contribution in [0.15, 0.2) is 0 Å². The lowest BCUT2D eigenvalue weighted by atomic mass is 10.2. The van der Waals surface area contributed by atoms with Crippen LogP contribution in [0.4, 0.5) is 0 Å². The minimum absolute atomic E-state index is 0.271. The average Bonchev–Trinajstić information content (AvgIpc) is 2.63. The van der Waals surface area contributed by atoms with Crippen LogP contribution in [0.2, 0.25) is 0 Å². The zero-order valence-corrected chi connectivity index (χ0v) is 10.8. The Morgan fingerprint density at radius 3 is 2.69 bits per heavy atom. The minimum Gasteiger partial charge on any atom is -0.370 e. The molecule has 2 N–H and O–H groups in total. The highest BCUT2D eigenvalue weighted by atomic mass is 32.1. The van der Waals surface area contributed by atoms with Gasteiger partial charge in [0.2, 0.25) is 5.91 Å². The summed E-state index contributed by atoms with van der Waals surface area (Å²) in [5.41, 5.74) is 5.09. The highest BCUT2D eigenvalue weighted by Gasteiger charge is 2.09. The van der Waals surface area contributed by atoms with Gasteiger partial charge >= 0.3 is 0 Å². The summed E-state index contributed by atoms with van der Waals surface area (Å²) in [5, 5.41) is 10.3. The van der Waals surface area contributed by atoms with Crippen LogP contribution in [0.3, 0.4) is 0 Å². The number of rotatable bonds is 6. The van der Waals surface area contributed by atoms with Crippen LogP contribution in [0, 0.1) is 0 Å². The minimum atomic E-state index is -0.271. The van der Waals surface area contributed by atoms with E-state index < -0.39 is 0 Å². The monoisotopic (exact) mass is 242 g/mol. The van der Waals surface area contributed by atoms with Crippen LogP contribution in [0.1, 0.15) is 36.2 Å². The summed E-state index contributed by atoms with van der Waals surface area (Å²) in [7, 11) is 1.94. The largest absolute Gasteiger partial charge is 0.370 e. The van der Waals surface area contributed by atoms with Gasteiger partial charge in [0.15, 0.2) is 0 Å². The molecule has 0 spiro atoms. The van der Waals surface area contributed by atoms with Gasteiger partial charge in [0.1, 0.15) is 10.0 Å². The molecule has 5 nitrogen and oxygen atoms in total. The molecule has 1 aromatic heterocycles. The quantitative estimate of drug-likeness (QED) is 0.806. The Hall–Kier alpha value is -1.01. The number of primary amides is 1. The predicted octanol–water partition coefficient (Wildman–Crippen LogP) is 0.969. The zero-order valence-electron chi connectivity index (χ0n) is 9.93. The number of aromatic nitrogens is 2. The maximum absolute atomic E-state index is 10.6. The van der Waals surface area contributed by atoms with Crippen molar-refractivity contribution in [3.05, 3.63) is 10.0 Å². The van der Waals surface area contributed by atoms with E-state index in [0.29, 0.717) is 18.9 Å². The van der Waals surface area contributed by atoms with Gasteiger partial charge in [-0.3, -0.25) is 9.69 Å². The van der Waals surface area contributed by atoms with E-state index in [2.05, 4.69) is 24.0 Å². The second kappa shape index (κ2) is 5.91. The molecule has 0 aliphatic heterocycles. The molecular formula is C10H18N4OS. The van der Waals surface area contributed by atoms with Crippen LogP contribution < -0.4 is 5.73 Å². The molecule has 0 aliphatic carbocycles. The lowest BCUT2D eigenvalue weighted by molar-refractivity contribution is -0.118. The van der Waals surface area contributed by atoms with Crippen molar-refractivity contribution in [2.45, 2.75) is 32.7 Å². The Morgan fingerprint density at radius 1 is 1.50 bits per heavy atom. The first kappa shape index (κ1) is 13.1. The second-order valence-corrected chi connectivity index (χ2v) is 5.24. The summed E-state index contributed by atoms with van der Waals surface area (Å²) in [6.07, 6.45) is 0.381. The molecule has 1 amide bonds. The Labute approximate surface area is 99.7 Å². The first-order valence-corrected chi connectivity index (χ1v) is 6.09. The molecule has 0 fully saturated rings. The van der Waals surface area contributed by atoms with Crippen molar-refractivity contribution in [1.29, 1.82) is 0 Å². The Morgan fingerprint density at radius 2 is 2.19 bits per heavy atom. The van der Waals surface area contributed by atoms with Gasteiger partial charge < -0.3 is 5.73 Å². The molecule has 0 aromatic carbocycles. The van der Waals surface area contributed by atoms with Crippen molar-refractivity contribution in [1.82, 2.24) is 15.1 Å². The molecule has 1 heterocycles. The van der Waals surface area contributed by atoms with Crippen LogP contribution in [-0.2, 0) is 11.3 Å². The molecule has 0 saturated heterocycles. The van der Waals surface area contributed by atoms with E-state index >= 15 is 0 Å². The average molecular weight is 242 g/mol. The van der Waals surface area contributed by atoms with E-state index in [0.717, 1.165) is 16.6 Å². The normalized spacial score (nSPS) is 11.3. The van der Waals surface area contributed by atoms with Crippen LogP contribution in [-0.4, -0.2) is 34.6 Å². The number of hydrogen-bond acceptors (Lipinski definition) is 5. The summed E-state index contributed by atoms with van der Waals surface area (Å²) in [5.74, 6) is 0.147. The molecule has 1 rings (SSSR count). The van der Waals surface area contributed by atoms with E-state index in [9.17, 15) is 4.79 Å². The number of amides is 1. The highest BCUT2D eigenvalue weighted by molar-refractivity contribution is 7.11. The molecular weight excluding hydrogens is 224 g/mol. The van der Waals surface area contributed by atoms with Crippen LogP contribution >= 0.6 is 11.3 Å². The summed E-state index contributed by atoms with van der Waals surface area (Å²) in [6, 6.07) is 0. The maximum Gasteiger partial charge on any atom is 0.218 e. The fourth-order valence-electron chi connectivity index (χ4n) is 1.17. The highest BCUT2D eigenvalue weighted by Crippen LogP contribution is 2.19. The third kappa shape index (κ3) is 4.24. The number of carbonyl (C=O) groups excluding carboxylic acids is 1. The fraction of sp³-hybridized carbons (Fsp3) is 0.700. The van der Waals surface area contributed by atoms with E-state index in [4.69, 9.17) is 5.73 Å². The SMILES string of the molecule is CC(C)c1nnc(CN(C)CCC(N)=O)s1. The van der Waals surface area contributed by atoms with Gasteiger partial charge in [-0.25, -0.2) is 0 Å². The van der Waals surface area contributed by atoms with E-state index in [1.807, 2.05) is 11.9 Å². The van der Waals surface area contributed by atoms with Crippen molar-refractivity contribution >= 4 is 17.2 Å². The fourth-order valence-corrected chi connectivity index (χ4v) is 2.10. The van der Waals surface area contributed by atoms with Gasteiger partial charge in [0, 0.05) is 18.9 Å². The number of nitrogens with zero attached hydrogens (tertiary/aromatic N) is 3. The first-order chi connectivity index (χ1) is 7.49. The molecule has 90 valence electrons. The summed E-state index contributed by atoms with van der Waals surface area (Å²) in [4.78, 5) is 12.6. The number of hydrogen-bond donors (Lipinski definition) is 1. The predicted molar refractivity (Wildman–Crippen MR) is 64.1 cm³/mol. The molecule has 0 unspecified atom stereocenters. The van der Waals surface area contributed by atoms with Gasteiger partial charge in [-0.1, -0.05) is 25.2 Å². The molecule has 0 atom stereocenters. The Bertz CT molecular complexity index is 350. The molecule has 0 radical (unpaired) electrons. The second-order valence-electron chi connectivity index (χ2n) is 4.14. The Balaban J connectivity index is 2.43. The van der Waals surface area contributed by atoms with Gasteiger partial charge in [0.25, 0.3) is 0 Å². The molecule has 6 heteroatoms. The van der Waals surface area contributed by atoms with Crippen molar-refractivity contribution in [2.75, 3.05) is 13.6 Å². The number of nitrogens with two attached hydrogens (primary N) is 1. The van der Waals surface area contributed by atoms with Crippen molar-refractivity contribution in [2.24, 2.45) is 5.73 Å². The Kier molecular flexibility index (Phi) is 4.82. The summed E-state index contributed by atoms with van der Waals surface area (Å²) in [6.45, 7) is 5.58. The molecule has 0 aliphatic rings. The molecule has 1 aromatic rings. The van der Waals surface area contributed by atoms with Crippen LogP contribution in [0.5, 0.6) is 0 Å². The lowest BCUT2D eigenvalue weighted by Crippen LogP contribution is -2.24. The standard InChI is InChI=1S/C10H18N4OS/c1-7(2)10-13-12-9(16-10)6-14(3)5-4-8(11)15/h7H,4-6H2,1-3H3,(H2,11,15). The van der Waals surface area contributed by atoms with E-state index in [-0.39, 0.29) is 5.91 Å². The lowest BCUT2D eigenvalue weighted by Gasteiger charge is -2.12. The molecule has 0 bridgehead atoms. The number of carbonyl (C=O) groups is 1. The van der Waals surface area contributed by atoms with Crippen molar-refractivity contribution in [3.63, 3.8) is 0 Å². The first-order valence-electron chi connectivity index (χ1n) is 5.28. The van der Waals surface area contributed by atoms with Crippen molar-refractivity contribution < 1.29 is 4.79 Å². The maximum atomic E-state index is 10.6. The van der Waals surface area contributed by atoms with Crippen LogP contribution in [0.25, 0.3) is 0 Å². The van der Waals surface area contributed by atoms with E-state index in [1.54, 1.807) is 11.3 Å². The van der Waals surface area contributed by atoms with Gasteiger partial charge in [-0.05, 0) is 7.05 Å². The third-order valence-electron chi connectivity index (χ3n) is 2.12. The smallest absolute Gasteiger partial charge is 0.218 e. The molecule has 0 saturated carbocycles. The van der Waals surface area contributed by atoms with E-state index in [1.165, 1.54) is 0 Å². The molecule has 16 heavy (non-hydrogen) atoms. The van der Waals surface area contributed by atoms with Gasteiger partial charge in [-0.2, -0.15) is 0 Å². The topological polar surface area (TPSA) is 72.1 Å².